The Morgan fingerprint density at radius 2 is 2.22 bits per heavy atom. The number of aromatic nitrogens is 1. The zero-order valence-electron chi connectivity index (χ0n) is 10.7. The van der Waals surface area contributed by atoms with E-state index in [-0.39, 0.29) is 17.5 Å². The number of hydrogen-bond acceptors (Lipinski definition) is 3. The first-order valence-corrected chi connectivity index (χ1v) is 6.03. The minimum Gasteiger partial charge on any atom is -0.506 e. The number of carbonyl (C=O) groups is 1. The normalized spacial score (nSPS) is 20.1. The molecule has 1 heterocycles. The second kappa shape index (κ2) is 4.77. The van der Waals surface area contributed by atoms with Crippen molar-refractivity contribution in [1.82, 2.24) is 4.98 Å². The lowest BCUT2D eigenvalue weighted by atomic mass is 9.79. The molecular formula is C15H17NO2. The molecule has 18 heavy (non-hydrogen) atoms. The van der Waals surface area contributed by atoms with Crippen LogP contribution < -0.4 is 0 Å². The van der Waals surface area contributed by atoms with Crippen LogP contribution in [0.3, 0.4) is 0 Å². The number of rotatable bonds is 2. The zero-order valence-corrected chi connectivity index (χ0v) is 10.7. The van der Waals surface area contributed by atoms with Gasteiger partial charge >= 0.3 is 0 Å². The highest BCUT2D eigenvalue weighted by Gasteiger charge is 2.27. The molecule has 1 aliphatic carbocycles. The highest BCUT2D eigenvalue weighted by atomic mass is 16.3. The quantitative estimate of drug-likeness (QED) is 0.812. The molecule has 0 amide bonds. The van der Waals surface area contributed by atoms with Crippen LogP contribution in [-0.4, -0.2) is 15.9 Å². The van der Waals surface area contributed by atoms with Crippen LogP contribution in [0.15, 0.2) is 36.1 Å². The fourth-order valence-electron chi connectivity index (χ4n) is 2.27. The Balaban J connectivity index is 2.48. The highest BCUT2D eigenvalue weighted by molar-refractivity contribution is 6.04. The topological polar surface area (TPSA) is 50.2 Å². The molecule has 3 heteroatoms. The van der Waals surface area contributed by atoms with Crippen LogP contribution in [0.5, 0.6) is 5.75 Å². The van der Waals surface area contributed by atoms with Crippen LogP contribution >= 0.6 is 0 Å². The first-order chi connectivity index (χ1) is 8.50. The third-order valence-corrected chi connectivity index (χ3v) is 3.52. The molecule has 0 fully saturated rings. The summed E-state index contributed by atoms with van der Waals surface area (Å²) < 4.78 is 0. The summed E-state index contributed by atoms with van der Waals surface area (Å²) in [6, 6.07) is 3.27. The smallest absolute Gasteiger partial charge is 0.159 e. The minimum atomic E-state index is 0.120. The van der Waals surface area contributed by atoms with Crippen molar-refractivity contribution < 1.29 is 9.90 Å². The Labute approximate surface area is 107 Å². The molecule has 1 aromatic rings. The molecular weight excluding hydrogens is 226 g/mol. The van der Waals surface area contributed by atoms with Crippen molar-refractivity contribution in [2.75, 3.05) is 0 Å². The standard InChI is InChI=1S/C15H17NO2/c1-9(2)11-7-12(10(3)14(18)8-11)15-13(17)5-4-6-16-15/h4-6,11,17H,1,7-8H2,2-3H3. The van der Waals surface area contributed by atoms with E-state index in [0.717, 1.165) is 17.6 Å². The summed E-state index contributed by atoms with van der Waals surface area (Å²) in [5.41, 5.74) is 3.08. The molecule has 2 rings (SSSR count). The van der Waals surface area contributed by atoms with Gasteiger partial charge in [0.15, 0.2) is 5.78 Å². The average molecular weight is 243 g/mol. The molecule has 1 aromatic heterocycles. The predicted octanol–water partition coefficient (Wildman–Crippen LogP) is 3.12. The lowest BCUT2D eigenvalue weighted by molar-refractivity contribution is -0.116. The second-order valence-electron chi connectivity index (χ2n) is 4.85. The van der Waals surface area contributed by atoms with Crippen LogP contribution in [0.4, 0.5) is 0 Å². The molecule has 1 atom stereocenters. The molecule has 1 unspecified atom stereocenters. The predicted molar refractivity (Wildman–Crippen MR) is 71.0 cm³/mol. The van der Waals surface area contributed by atoms with Gasteiger partial charge in [-0.15, -0.1) is 0 Å². The first-order valence-electron chi connectivity index (χ1n) is 6.03. The Hall–Kier alpha value is -1.90. The molecule has 0 radical (unpaired) electrons. The van der Waals surface area contributed by atoms with Crippen LogP contribution in [0.2, 0.25) is 0 Å². The van der Waals surface area contributed by atoms with Gasteiger partial charge in [0, 0.05) is 12.6 Å². The van der Waals surface area contributed by atoms with E-state index in [1.54, 1.807) is 25.3 Å². The van der Waals surface area contributed by atoms with Crippen LogP contribution in [-0.2, 0) is 4.79 Å². The number of aromatic hydroxyl groups is 1. The van der Waals surface area contributed by atoms with E-state index in [4.69, 9.17) is 0 Å². The molecule has 0 aliphatic heterocycles. The number of allylic oxidation sites excluding steroid dienone is 3. The fourth-order valence-corrected chi connectivity index (χ4v) is 2.27. The summed E-state index contributed by atoms with van der Waals surface area (Å²) in [6.45, 7) is 7.68. The van der Waals surface area contributed by atoms with Crippen molar-refractivity contribution in [3.05, 3.63) is 41.7 Å². The Kier molecular flexibility index (Phi) is 3.32. The van der Waals surface area contributed by atoms with Gasteiger partial charge in [-0.05, 0) is 49.5 Å². The lowest BCUT2D eigenvalue weighted by Crippen LogP contribution is -2.18. The lowest BCUT2D eigenvalue weighted by Gasteiger charge is -2.25. The van der Waals surface area contributed by atoms with Crippen LogP contribution in [0, 0.1) is 5.92 Å². The largest absolute Gasteiger partial charge is 0.506 e. The molecule has 0 saturated heterocycles. The molecule has 0 aromatic carbocycles. The van der Waals surface area contributed by atoms with Crippen LogP contribution in [0.25, 0.3) is 5.57 Å². The Bertz CT molecular complexity index is 543. The number of Topliss-reactive ketones (excluding diaryl/α,β-unsaturated/α-hetero) is 1. The maximum absolute atomic E-state index is 12.0. The highest BCUT2D eigenvalue weighted by Crippen LogP contribution is 2.38. The molecule has 94 valence electrons. The summed E-state index contributed by atoms with van der Waals surface area (Å²) in [5.74, 6) is 0.397. The summed E-state index contributed by atoms with van der Waals surface area (Å²) in [4.78, 5) is 16.2. The van der Waals surface area contributed by atoms with Crippen molar-refractivity contribution in [2.24, 2.45) is 5.92 Å². The van der Waals surface area contributed by atoms with Gasteiger partial charge in [0.2, 0.25) is 0 Å². The Morgan fingerprint density at radius 1 is 1.50 bits per heavy atom. The Morgan fingerprint density at radius 3 is 2.83 bits per heavy atom. The zero-order chi connectivity index (χ0) is 13.3. The van der Waals surface area contributed by atoms with E-state index < -0.39 is 0 Å². The van der Waals surface area contributed by atoms with Gasteiger partial charge in [0.05, 0.1) is 0 Å². The monoisotopic (exact) mass is 243 g/mol. The number of nitrogens with zero attached hydrogens (tertiary/aromatic N) is 1. The molecule has 1 N–H and O–H groups in total. The number of pyridine rings is 1. The van der Waals surface area contributed by atoms with E-state index >= 15 is 0 Å². The van der Waals surface area contributed by atoms with Crippen LogP contribution in [0.1, 0.15) is 32.4 Å². The van der Waals surface area contributed by atoms with E-state index in [1.807, 2.05) is 6.92 Å². The average Bonchev–Trinajstić information content (AvgIpc) is 2.33. The molecule has 3 nitrogen and oxygen atoms in total. The van der Waals surface area contributed by atoms with Gasteiger partial charge in [-0.3, -0.25) is 9.78 Å². The van der Waals surface area contributed by atoms with Gasteiger partial charge in [0.25, 0.3) is 0 Å². The van der Waals surface area contributed by atoms with E-state index in [9.17, 15) is 9.90 Å². The second-order valence-corrected chi connectivity index (χ2v) is 4.85. The molecule has 0 saturated carbocycles. The number of ketones is 1. The van der Waals surface area contributed by atoms with Crippen molar-refractivity contribution in [2.45, 2.75) is 26.7 Å². The fraction of sp³-hybridized carbons (Fsp3) is 0.333. The summed E-state index contributed by atoms with van der Waals surface area (Å²) in [7, 11) is 0. The summed E-state index contributed by atoms with van der Waals surface area (Å²) >= 11 is 0. The van der Waals surface area contributed by atoms with E-state index in [2.05, 4.69) is 11.6 Å². The van der Waals surface area contributed by atoms with E-state index in [0.29, 0.717) is 17.7 Å². The number of hydrogen-bond donors (Lipinski definition) is 1. The van der Waals surface area contributed by atoms with E-state index in [1.165, 1.54) is 0 Å². The van der Waals surface area contributed by atoms with Gasteiger partial charge in [0.1, 0.15) is 11.4 Å². The minimum absolute atomic E-state index is 0.120. The maximum Gasteiger partial charge on any atom is 0.159 e. The number of carbonyl (C=O) groups excluding carboxylic acids is 1. The van der Waals surface area contributed by atoms with Crippen molar-refractivity contribution in [3.63, 3.8) is 0 Å². The maximum atomic E-state index is 12.0. The van der Waals surface area contributed by atoms with Crippen molar-refractivity contribution >= 4 is 11.4 Å². The van der Waals surface area contributed by atoms with Crippen molar-refractivity contribution in [1.29, 1.82) is 0 Å². The van der Waals surface area contributed by atoms with Gasteiger partial charge in [-0.1, -0.05) is 12.2 Å². The van der Waals surface area contributed by atoms with Gasteiger partial charge < -0.3 is 5.11 Å². The molecule has 1 aliphatic rings. The third-order valence-electron chi connectivity index (χ3n) is 3.52. The molecule has 0 bridgehead atoms. The first kappa shape index (κ1) is 12.6. The third kappa shape index (κ3) is 2.21. The van der Waals surface area contributed by atoms with Crippen molar-refractivity contribution in [3.8, 4) is 5.75 Å². The summed E-state index contributed by atoms with van der Waals surface area (Å²) in [6.07, 6.45) is 2.86. The molecule has 0 spiro atoms. The SMILES string of the molecule is C=C(C)C1CC(=O)C(C)=C(c2ncccc2O)C1. The van der Waals surface area contributed by atoms with Gasteiger partial charge in [-0.2, -0.15) is 0 Å². The summed E-state index contributed by atoms with van der Waals surface area (Å²) in [5, 5.41) is 9.86. The van der Waals surface area contributed by atoms with Gasteiger partial charge in [-0.25, -0.2) is 0 Å².